The smallest absolute Gasteiger partial charge is 0.145 e. The Kier molecular flexibility index (Phi) is 6.14. The molecule has 2 aromatic heterocycles. The van der Waals surface area contributed by atoms with Crippen LogP contribution in [0.4, 0.5) is 0 Å². The van der Waals surface area contributed by atoms with Crippen molar-refractivity contribution in [2.75, 3.05) is 0 Å². The van der Waals surface area contributed by atoms with Crippen LogP contribution in [0.3, 0.4) is 0 Å². The lowest BCUT2D eigenvalue weighted by Crippen LogP contribution is -1.97. The van der Waals surface area contributed by atoms with E-state index in [9.17, 15) is 0 Å². The third kappa shape index (κ3) is 4.41. The maximum Gasteiger partial charge on any atom is 0.145 e. The molecule has 0 spiro atoms. The van der Waals surface area contributed by atoms with Crippen molar-refractivity contribution >= 4 is 33.0 Å². The summed E-state index contributed by atoms with van der Waals surface area (Å²) in [5.74, 6) is 0.878. The van der Waals surface area contributed by atoms with E-state index in [1.165, 1.54) is 16.7 Å². The van der Waals surface area contributed by atoms with Crippen molar-refractivity contribution in [3.05, 3.63) is 170 Å². The molecule has 2 heterocycles. The lowest BCUT2D eigenvalue weighted by Gasteiger charge is -2.13. The number of nitrogens with zero attached hydrogens (tertiary/aromatic N) is 2. The van der Waals surface area contributed by atoms with Crippen molar-refractivity contribution < 1.29 is 4.42 Å². The van der Waals surface area contributed by atoms with Gasteiger partial charge in [0.15, 0.2) is 0 Å². The number of benzene rings is 7. The van der Waals surface area contributed by atoms with Crippen LogP contribution in [0.15, 0.2) is 174 Å². The molecule has 46 heavy (non-hydrogen) atoms. The normalized spacial score (nSPS) is 11.5. The van der Waals surface area contributed by atoms with E-state index in [2.05, 4.69) is 150 Å². The van der Waals surface area contributed by atoms with Gasteiger partial charge in [0, 0.05) is 22.0 Å². The Bertz CT molecular complexity index is 2520. The highest BCUT2D eigenvalue weighted by molar-refractivity contribution is 6.14. The molecule has 216 valence electrons. The highest BCUT2D eigenvalue weighted by atomic mass is 16.3. The van der Waals surface area contributed by atoms with Crippen molar-refractivity contribution in [1.29, 1.82) is 0 Å². The lowest BCUT2D eigenvalue weighted by atomic mass is 9.93. The SMILES string of the molecule is c1ccc(-c2cccc(-c3cccc(-c4cc(-c5nc6ccccc6n5-c5ccccc5)cc5oc6ccccc6c45)c3)c2)cc1. The summed E-state index contributed by atoms with van der Waals surface area (Å²) in [6.07, 6.45) is 0. The molecular formula is C43H28N2O. The van der Waals surface area contributed by atoms with Crippen LogP contribution in [0.25, 0.3) is 83.4 Å². The molecule has 0 unspecified atom stereocenters. The maximum atomic E-state index is 6.54. The Hall–Kier alpha value is -6.19. The molecule has 0 saturated carbocycles. The minimum atomic E-state index is 0.844. The number of hydrogen-bond donors (Lipinski definition) is 0. The molecule has 0 bridgehead atoms. The minimum absolute atomic E-state index is 0.844. The minimum Gasteiger partial charge on any atom is -0.456 e. The summed E-state index contributed by atoms with van der Waals surface area (Å²) in [5, 5.41) is 2.21. The molecule has 0 atom stereocenters. The summed E-state index contributed by atoms with van der Waals surface area (Å²) in [6.45, 7) is 0. The van der Waals surface area contributed by atoms with E-state index in [0.29, 0.717) is 0 Å². The van der Waals surface area contributed by atoms with Crippen LogP contribution in [0.2, 0.25) is 0 Å². The molecule has 3 nitrogen and oxygen atoms in total. The van der Waals surface area contributed by atoms with Crippen molar-refractivity contribution in [3.8, 4) is 50.5 Å². The van der Waals surface area contributed by atoms with Crippen LogP contribution < -0.4 is 0 Å². The molecule has 3 heteroatoms. The number of fused-ring (bicyclic) bond motifs is 4. The fraction of sp³-hybridized carbons (Fsp3) is 0. The largest absolute Gasteiger partial charge is 0.456 e. The first-order valence-electron chi connectivity index (χ1n) is 15.5. The third-order valence-electron chi connectivity index (χ3n) is 8.79. The number of para-hydroxylation sites is 4. The monoisotopic (exact) mass is 588 g/mol. The Morgan fingerprint density at radius 2 is 1.04 bits per heavy atom. The zero-order valence-electron chi connectivity index (χ0n) is 25.0. The number of furan rings is 1. The number of aromatic nitrogens is 2. The molecule has 0 aliphatic carbocycles. The van der Waals surface area contributed by atoms with E-state index in [1.54, 1.807) is 0 Å². The molecule has 0 saturated heterocycles. The van der Waals surface area contributed by atoms with Crippen molar-refractivity contribution in [2.45, 2.75) is 0 Å². The Labute approximate surface area is 266 Å². The van der Waals surface area contributed by atoms with Gasteiger partial charge in [0.25, 0.3) is 0 Å². The van der Waals surface area contributed by atoms with Crippen LogP contribution in [-0.4, -0.2) is 9.55 Å². The van der Waals surface area contributed by atoms with Crippen LogP contribution >= 0.6 is 0 Å². The standard InChI is InChI=1S/C43H28N2O/c1-3-13-29(14-4-1)30-15-11-16-31(25-30)32-17-12-18-33(26-32)37-27-34(28-41-42(37)36-21-7-10-24-40(36)46-41)43-44-38-22-8-9-23-39(38)45(43)35-19-5-2-6-20-35/h1-28H. The zero-order chi connectivity index (χ0) is 30.5. The maximum absolute atomic E-state index is 6.54. The second kappa shape index (κ2) is 10.8. The van der Waals surface area contributed by atoms with E-state index in [1.807, 2.05) is 24.3 Å². The van der Waals surface area contributed by atoms with Gasteiger partial charge in [-0.2, -0.15) is 0 Å². The van der Waals surface area contributed by atoms with Gasteiger partial charge in [-0.3, -0.25) is 4.57 Å². The first-order chi connectivity index (χ1) is 22.8. The molecule has 0 amide bonds. The van der Waals surface area contributed by atoms with E-state index >= 15 is 0 Å². The summed E-state index contributed by atoms with van der Waals surface area (Å²) in [7, 11) is 0. The van der Waals surface area contributed by atoms with Gasteiger partial charge in [-0.25, -0.2) is 4.98 Å². The second-order valence-electron chi connectivity index (χ2n) is 11.6. The summed E-state index contributed by atoms with van der Waals surface area (Å²) in [6, 6.07) is 59.6. The van der Waals surface area contributed by atoms with Gasteiger partial charge in [-0.05, 0) is 88.0 Å². The van der Waals surface area contributed by atoms with Gasteiger partial charge in [0.05, 0.1) is 11.0 Å². The molecule has 0 fully saturated rings. The quantitative estimate of drug-likeness (QED) is 0.200. The van der Waals surface area contributed by atoms with Crippen LogP contribution in [0.1, 0.15) is 0 Å². The van der Waals surface area contributed by atoms with Crippen LogP contribution in [0.5, 0.6) is 0 Å². The van der Waals surface area contributed by atoms with E-state index in [-0.39, 0.29) is 0 Å². The summed E-state index contributed by atoms with van der Waals surface area (Å²) >= 11 is 0. The first-order valence-corrected chi connectivity index (χ1v) is 15.5. The van der Waals surface area contributed by atoms with E-state index < -0.39 is 0 Å². The van der Waals surface area contributed by atoms with Gasteiger partial charge in [0.1, 0.15) is 17.0 Å². The Morgan fingerprint density at radius 1 is 0.435 bits per heavy atom. The van der Waals surface area contributed by atoms with Crippen LogP contribution in [-0.2, 0) is 0 Å². The van der Waals surface area contributed by atoms with E-state index in [4.69, 9.17) is 9.40 Å². The number of imidazole rings is 1. The summed E-state index contributed by atoms with van der Waals surface area (Å²) in [4.78, 5) is 5.18. The lowest BCUT2D eigenvalue weighted by molar-refractivity contribution is 0.669. The predicted molar refractivity (Wildman–Crippen MR) is 190 cm³/mol. The summed E-state index contributed by atoms with van der Waals surface area (Å²) < 4.78 is 8.78. The summed E-state index contributed by atoms with van der Waals surface area (Å²) in [5.41, 5.74) is 12.8. The van der Waals surface area contributed by atoms with Gasteiger partial charge < -0.3 is 4.42 Å². The topological polar surface area (TPSA) is 31.0 Å². The Balaban J connectivity index is 1.27. The predicted octanol–water partition coefficient (Wildman–Crippen LogP) is 11.6. The molecule has 9 rings (SSSR count). The first kappa shape index (κ1) is 26.2. The average molecular weight is 589 g/mol. The molecule has 9 aromatic rings. The van der Waals surface area contributed by atoms with Gasteiger partial charge in [-0.1, -0.05) is 115 Å². The Morgan fingerprint density at radius 3 is 1.85 bits per heavy atom. The highest BCUT2D eigenvalue weighted by Gasteiger charge is 2.20. The van der Waals surface area contributed by atoms with Gasteiger partial charge >= 0.3 is 0 Å². The molecule has 7 aromatic carbocycles. The molecule has 0 N–H and O–H groups in total. The van der Waals surface area contributed by atoms with Crippen molar-refractivity contribution in [3.63, 3.8) is 0 Å². The number of rotatable bonds is 5. The van der Waals surface area contributed by atoms with Crippen molar-refractivity contribution in [2.24, 2.45) is 0 Å². The number of hydrogen-bond acceptors (Lipinski definition) is 2. The average Bonchev–Trinajstić information content (AvgIpc) is 3.71. The molecule has 0 aliphatic heterocycles. The van der Waals surface area contributed by atoms with E-state index in [0.717, 1.165) is 66.7 Å². The highest BCUT2D eigenvalue weighted by Crippen LogP contribution is 2.42. The van der Waals surface area contributed by atoms with Crippen LogP contribution in [0, 0.1) is 0 Å². The molecule has 0 radical (unpaired) electrons. The fourth-order valence-electron chi connectivity index (χ4n) is 6.64. The fourth-order valence-corrected chi connectivity index (χ4v) is 6.64. The molecule has 0 aliphatic rings. The molecular weight excluding hydrogens is 560 g/mol. The van der Waals surface area contributed by atoms with Gasteiger partial charge in [-0.15, -0.1) is 0 Å². The van der Waals surface area contributed by atoms with Crippen molar-refractivity contribution in [1.82, 2.24) is 9.55 Å². The second-order valence-corrected chi connectivity index (χ2v) is 11.6. The third-order valence-corrected chi connectivity index (χ3v) is 8.79. The van der Waals surface area contributed by atoms with Gasteiger partial charge in [0.2, 0.25) is 0 Å². The zero-order valence-corrected chi connectivity index (χ0v) is 25.0.